The van der Waals surface area contributed by atoms with Crippen LogP contribution < -0.4 is 0 Å². The largest absolute Gasteiger partial charge is 0.506 e. The van der Waals surface area contributed by atoms with E-state index in [0.717, 1.165) is 6.20 Å². The van der Waals surface area contributed by atoms with E-state index in [1.807, 2.05) is 0 Å². The van der Waals surface area contributed by atoms with Gasteiger partial charge in [0.05, 0.1) is 11.8 Å². The van der Waals surface area contributed by atoms with Crippen molar-refractivity contribution >= 4 is 11.6 Å². The Balaban J connectivity index is 3.20. The molecule has 0 amide bonds. The van der Waals surface area contributed by atoms with Gasteiger partial charge in [0, 0.05) is 12.1 Å². The van der Waals surface area contributed by atoms with Gasteiger partial charge in [-0.3, -0.25) is 4.98 Å². The Morgan fingerprint density at radius 1 is 1.50 bits per heavy atom. The fourth-order valence-electron chi connectivity index (χ4n) is 0.860. The molecular formula is C7H6ClF2NO. The van der Waals surface area contributed by atoms with Crippen LogP contribution in [-0.4, -0.2) is 10.1 Å². The number of hydrogen-bond donors (Lipinski definition) is 1. The Labute approximate surface area is 72.8 Å². The van der Waals surface area contributed by atoms with E-state index in [1.165, 1.54) is 6.20 Å². The van der Waals surface area contributed by atoms with E-state index >= 15 is 0 Å². The lowest BCUT2D eigenvalue weighted by molar-refractivity contribution is 0.146. The van der Waals surface area contributed by atoms with Crippen molar-refractivity contribution in [1.29, 1.82) is 0 Å². The molecule has 1 aromatic heterocycles. The van der Waals surface area contributed by atoms with E-state index in [4.69, 9.17) is 16.7 Å². The van der Waals surface area contributed by atoms with Crippen LogP contribution in [0.25, 0.3) is 0 Å². The van der Waals surface area contributed by atoms with Crippen molar-refractivity contribution in [3.8, 4) is 5.75 Å². The Morgan fingerprint density at radius 2 is 2.17 bits per heavy atom. The predicted molar refractivity (Wildman–Crippen MR) is 40.4 cm³/mol. The molecule has 1 aromatic rings. The molecule has 0 saturated carbocycles. The van der Waals surface area contributed by atoms with Crippen molar-refractivity contribution < 1.29 is 13.9 Å². The second-order valence-electron chi connectivity index (χ2n) is 2.17. The lowest BCUT2D eigenvalue weighted by atomic mass is 10.1. The molecule has 0 radical (unpaired) electrons. The first-order chi connectivity index (χ1) is 5.66. The molecule has 0 bridgehead atoms. The minimum Gasteiger partial charge on any atom is -0.506 e. The van der Waals surface area contributed by atoms with Gasteiger partial charge >= 0.3 is 0 Å². The summed E-state index contributed by atoms with van der Waals surface area (Å²) in [5, 5.41) is 8.99. The summed E-state index contributed by atoms with van der Waals surface area (Å²) in [5.74, 6) is -0.593. The number of pyridine rings is 1. The second-order valence-corrected chi connectivity index (χ2v) is 2.43. The van der Waals surface area contributed by atoms with Crippen molar-refractivity contribution in [3.63, 3.8) is 0 Å². The van der Waals surface area contributed by atoms with Gasteiger partial charge in [-0.25, -0.2) is 8.78 Å². The minimum absolute atomic E-state index is 0.0823. The molecule has 0 unspecified atom stereocenters. The topological polar surface area (TPSA) is 33.1 Å². The van der Waals surface area contributed by atoms with E-state index in [-0.39, 0.29) is 11.4 Å². The Morgan fingerprint density at radius 3 is 2.58 bits per heavy atom. The molecule has 0 atom stereocenters. The Kier molecular flexibility index (Phi) is 2.81. The molecule has 66 valence electrons. The molecule has 0 aliphatic rings. The normalized spacial score (nSPS) is 10.7. The van der Waals surface area contributed by atoms with Crippen LogP contribution in [0.15, 0.2) is 12.4 Å². The highest BCUT2D eigenvalue weighted by molar-refractivity contribution is 6.17. The summed E-state index contributed by atoms with van der Waals surface area (Å²) in [5.41, 5.74) is -0.272. The van der Waals surface area contributed by atoms with Crippen molar-refractivity contribution in [2.75, 3.05) is 0 Å². The lowest BCUT2D eigenvalue weighted by Crippen LogP contribution is -1.93. The molecule has 0 aromatic carbocycles. The summed E-state index contributed by atoms with van der Waals surface area (Å²) in [7, 11) is 0. The van der Waals surface area contributed by atoms with Gasteiger partial charge in [0.1, 0.15) is 5.75 Å². The standard InChI is InChI=1S/C7H6ClF2NO/c8-1-4-2-11-3-5(12)6(4)7(9)10/h2-3,7,12H,1H2. The van der Waals surface area contributed by atoms with E-state index in [0.29, 0.717) is 0 Å². The third-order valence-electron chi connectivity index (χ3n) is 1.41. The Bertz CT molecular complexity index is 280. The summed E-state index contributed by atoms with van der Waals surface area (Å²) in [6.45, 7) is 0. The van der Waals surface area contributed by atoms with E-state index in [1.54, 1.807) is 0 Å². The van der Waals surface area contributed by atoms with Crippen LogP contribution in [0.5, 0.6) is 5.75 Å². The lowest BCUT2D eigenvalue weighted by Gasteiger charge is -2.06. The van der Waals surface area contributed by atoms with Gasteiger partial charge in [0.15, 0.2) is 0 Å². The average molecular weight is 194 g/mol. The zero-order valence-corrected chi connectivity index (χ0v) is 6.72. The van der Waals surface area contributed by atoms with E-state index in [2.05, 4.69) is 4.98 Å². The third kappa shape index (κ3) is 1.64. The van der Waals surface area contributed by atoms with Crippen molar-refractivity contribution in [2.45, 2.75) is 12.3 Å². The minimum atomic E-state index is -2.72. The van der Waals surface area contributed by atoms with Gasteiger partial charge in [0.25, 0.3) is 6.43 Å². The average Bonchev–Trinajstić information content (AvgIpc) is 2.03. The van der Waals surface area contributed by atoms with Gasteiger partial charge in [-0.05, 0) is 5.56 Å². The van der Waals surface area contributed by atoms with Crippen LogP contribution >= 0.6 is 11.6 Å². The van der Waals surface area contributed by atoms with Gasteiger partial charge in [-0.2, -0.15) is 0 Å². The first-order valence-corrected chi connectivity index (χ1v) is 3.70. The molecule has 0 fully saturated rings. The molecule has 1 N–H and O–H groups in total. The van der Waals surface area contributed by atoms with Crippen LogP contribution in [0, 0.1) is 0 Å². The summed E-state index contributed by atoms with van der Waals surface area (Å²) < 4.78 is 24.5. The summed E-state index contributed by atoms with van der Waals surface area (Å²) in [6.07, 6.45) is -0.534. The maximum atomic E-state index is 12.2. The number of halogens is 3. The quantitative estimate of drug-likeness (QED) is 0.732. The first kappa shape index (κ1) is 9.19. The van der Waals surface area contributed by atoms with Crippen LogP contribution in [-0.2, 0) is 5.88 Å². The van der Waals surface area contributed by atoms with Crippen LogP contribution in [0.4, 0.5) is 8.78 Å². The SMILES string of the molecule is Oc1cncc(CCl)c1C(F)F. The summed E-state index contributed by atoms with van der Waals surface area (Å²) in [6, 6.07) is 0. The van der Waals surface area contributed by atoms with Gasteiger partial charge in [0.2, 0.25) is 0 Å². The molecule has 1 rings (SSSR count). The van der Waals surface area contributed by atoms with Gasteiger partial charge in [-0.15, -0.1) is 11.6 Å². The maximum Gasteiger partial charge on any atom is 0.267 e. The van der Waals surface area contributed by atoms with Crippen LogP contribution in [0.1, 0.15) is 17.6 Å². The first-order valence-electron chi connectivity index (χ1n) is 3.16. The molecule has 0 aliphatic heterocycles. The zero-order chi connectivity index (χ0) is 9.14. The molecule has 0 spiro atoms. The van der Waals surface area contributed by atoms with Gasteiger partial charge < -0.3 is 5.11 Å². The Hall–Kier alpha value is -0.900. The monoisotopic (exact) mass is 193 g/mol. The highest BCUT2D eigenvalue weighted by atomic mass is 35.5. The third-order valence-corrected chi connectivity index (χ3v) is 1.70. The molecular weight excluding hydrogens is 188 g/mol. The number of aromatic nitrogens is 1. The van der Waals surface area contributed by atoms with Crippen LogP contribution in [0.3, 0.4) is 0 Å². The fraction of sp³-hybridized carbons (Fsp3) is 0.286. The zero-order valence-electron chi connectivity index (χ0n) is 5.97. The second kappa shape index (κ2) is 3.67. The van der Waals surface area contributed by atoms with Crippen molar-refractivity contribution in [1.82, 2.24) is 4.98 Å². The molecule has 0 saturated heterocycles. The number of hydrogen-bond acceptors (Lipinski definition) is 2. The smallest absolute Gasteiger partial charge is 0.267 e. The van der Waals surface area contributed by atoms with Gasteiger partial charge in [-0.1, -0.05) is 0 Å². The summed E-state index contributed by atoms with van der Waals surface area (Å²) in [4.78, 5) is 3.53. The summed E-state index contributed by atoms with van der Waals surface area (Å²) >= 11 is 5.36. The van der Waals surface area contributed by atoms with Crippen LogP contribution in [0.2, 0.25) is 0 Å². The van der Waals surface area contributed by atoms with Crippen molar-refractivity contribution in [3.05, 3.63) is 23.5 Å². The molecule has 5 heteroatoms. The fourth-order valence-corrected chi connectivity index (χ4v) is 1.07. The highest BCUT2D eigenvalue weighted by Gasteiger charge is 2.17. The number of rotatable bonds is 2. The number of alkyl halides is 3. The van der Waals surface area contributed by atoms with Crippen molar-refractivity contribution in [2.24, 2.45) is 0 Å². The number of aromatic hydroxyl groups is 1. The molecule has 1 heterocycles. The maximum absolute atomic E-state index is 12.2. The van der Waals surface area contributed by atoms with E-state index in [9.17, 15) is 8.78 Å². The molecule has 0 aliphatic carbocycles. The molecule has 12 heavy (non-hydrogen) atoms. The molecule has 2 nitrogen and oxygen atoms in total. The predicted octanol–water partition coefficient (Wildman–Crippen LogP) is 2.46. The highest BCUT2D eigenvalue weighted by Crippen LogP contribution is 2.30. The number of nitrogens with zero attached hydrogens (tertiary/aromatic N) is 1. The van der Waals surface area contributed by atoms with E-state index < -0.39 is 17.7 Å².